The second-order valence-corrected chi connectivity index (χ2v) is 6.21. The van der Waals surface area contributed by atoms with Gasteiger partial charge in [-0.3, -0.25) is 0 Å². The summed E-state index contributed by atoms with van der Waals surface area (Å²) in [4.78, 5) is 11.1. The summed E-state index contributed by atoms with van der Waals surface area (Å²) in [7, 11) is 0. The van der Waals surface area contributed by atoms with E-state index in [0.29, 0.717) is 0 Å². The second kappa shape index (κ2) is 5.67. The van der Waals surface area contributed by atoms with Crippen molar-refractivity contribution in [1.29, 1.82) is 0 Å². The first-order valence-corrected chi connectivity index (χ1v) is 8.11. The first-order valence-electron chi connectivity index (χ1n) is 6.35. The average molecular weight is 289 g/mol. The topological polar surface area (TPSA) is 37.8 Å². The van der Waals surface area contributed by atoms with Gasteiger partial charge in [-0.25, -0.2) is 9.97 Å². The van der Waals surface area contributed by atoms with Crippen LogP contribution in [-0.4, -0.2) is 16.5 Å². The van der Waals surface area contributed by atoms with E-state index >= 15 is 0 Å². The van der Waals surface area contributed by atoms with Gasteiger partial charge in [0.15, 0.2) is 0 Å². The van der Waals surface area contributed by atoms with Crippen LogP contribution in [0.4, 0.5) is 5.82 Å². The number of nitrogens with one attached hydrogen (secondary N) is 1. The molecule has 0 aliphatic carbocycles. The van der Waals surface area contributed by atoms with Gasteiger partial charge in [0, 0.05) is 11.4 Å². The number of nitrogens with zero attached hydrogens (tertiary/aromatic N) is 2. The highest BCUT2D eigenvalue weighted by Crippen LogP contribution is 2.28. The minimum absolute atomic E-state index is 0.903. The Hall–Kier alpha value is -1.46. The van der Waals surface area contributed by atoms with Crippen molar-refractivity contribution in [3.8, 4) is 0 Å². The van der Waals surface area contributed by atoms with Crippen molar-refractivity contribution in [2.24, 2.45) is 0 Å². The molecular formula is C14H15N3S2. The van der Waals surface area contributed by atoms with E-state index in [4.69, 9.17) is 0 Å². The fourth-order valence-corrected chi connectivity index (χ4v) is 3.62. The van der Waals surface area contributed by atoms with Crippen molar-refractivity contribution in [1.82, 2.24) is 9.97 Å². The predicted molar refractivity (Wildman–Crippen MR) is 83.3 cm³/mol. The van der Waals surface area contributed by atoms with Gasteiger partial charge in [0.2, 0.25) is 0 Å². The van der Waals surface area contributed by atoms with Crippen LogP contribution < -0.4 is 5.32 Å². The Morgan fingerprint density at radius 2 is 2.26 bits per heavy atom. The fourth-order valence-electron chi connectivity index (χ4n) is 1.98. The molecule has 0 fully saturated rings. The summed E-state index contributed by atoms with van der Waals surface area (Å²) in [6.07, 6.45) is 3.72. The first kappa shape index (κ1) is 12.6. The van der Waals surface area contributed by atoms with Crippen LogP contribution in [0.1, 0.15) is 17.4 Å². The van der Waals surface area contributed by atoms with Crippen molar-refractivity contribution >= 4 is 38.7 Å². The number of aromatic nitrogens is 2. The van der Waals surface area contributed by atoms with Gasteiger partial charge >= 0.3 is 0 Å². The third-order valence-corrected chi connectivity index (χ3v) is 4.93. The highest BCUT2D eigenvalue weighted by atomic mass is 32.1. The van der Waals surface area contributed by atoms with Crippen LogP contribution in [0.2, 0.25) is 0 Å². The normalized spacial score (nSPS) is 11.0. The van der Waals surface area contributed by atoms with Crippen LogP contribution in [0.5, 0.6) is 0 Å². The first-order chi connectivity index (χ1) is 9.36. The molecule has 1 N–H and O–H groups in total. The van der Waals surface area contributed by atoms with Gasteiger partial charge in [0.25, 0.3) is 0 Å². The largest absolute Gasteiger partial charge is 0.369 e. The summed E-state index contributed by atoms with van der Waals surface area (Å²) in [6, 6.07) is 4.37. The summed E-state index contributed by atoms with van der Waals surface area (Å²) in [5, 5.41) is 8.88. The third kappa shape index (κ3) is 2.77. The Balaban J connectivity index is 1.75. The zero-order valence-corrected chi connectivity index (χ0v) is 12.4. The number of hydrogen-bond donors (Lipinski definition) is 1. The van der Waals surface area contributed by atoms with Crippen molar-refractivity contribution in [2.45, 2.75) is 19.8 Å². The Morgan fingerprint density at radius 1 is 1.32 bits per heavy atom. The van der Waals surface area contributed by atoms with Crippen LogP contribution in [0.15, 0.2) is 29.2 Å². The van der Waals surface area contributed by atoms with E-state index < -0.39 is 0 Å². The quantitative estimate of drug-likeness (QED) is 0.772. The van der Waals surface area contributed by atoms with Crippen LogP contribution in [0.25, 0.3) is 10.2 Å². The molecule has 98 valence electrons. The molecule has 3 heterocycles. The number of fused-ring (bicyclic) bond motifs is 1. The molecule has 0 unspecified atom stereocenters. The smallest absolute Gasteiger partial charge is 0.138 e. The molecular weight excluding hydrogens is 274 g/mol. The SMILES string of the molecule is CCc1cc2c(NCCc3ccsc3)ncnc2s1. The number of rotatable bonds is 5. The lowest BCUT2D eigenvalue weighted by Crippen LogP contribution is -2.06. The molecule has 5 heteroatoms. The van der Waals surface area contributed by atoms with Crippen molar-refractivity contribution in [3.63, 3.8) is 0 Å². The molecule has 0 aromatic carbocycles. The number of hydrogen-bond acceptors (Lipinski definition) is 5. The van der Waals surface area contributed by atoms with E-state index in [1.165, 1.54) is 10.4 Å². The molecule has 0 saturated heterocycles. The van der Waals surface area contributed by atoms with Gasteiger partial charge in [-0.15, -0.1) is 11.3 Å². The molecule has 0 atom stereocenters. The molecule has 3 nitrogen and oxygen atoms in total. The molecule has 19 heavy (non-hydrogen) atoms. The average Bonchev–Trinajstić information content (AvgIpc) is 3.07. The highest BCUT2D eigenvalue weighted by molar-refractivity contribution is 7.18. The van der Waals surface area contributed by atoms with E-state index in [-0.39, 0.29) is 0 Å². The van der Waals surface area contributed by atoms with Gasteiger partial charge in [-0.05, 0) is 41.3 Å². The fraction of sp³-hybridized carbons (Fsp3) is 0.286. The molecule has 3 aromatic rings. The van der Waals surface area contributed by atoms with Crippen molar-refractivity contribution < 1.29 is 0 Å². The zero-order valence-electron chi connectivity index (χ0n) is 10.7. The third-order valence-electron chi connectivity index (χ3n) is 3.02. The molecule has 0 aliphatic heterocycles. The minimum atomic E-state index is 0.903. The van der Waals surface area contributed by atoms with E-state index in [2.05, 4.69) is 45.1 Å². The standard InChI is InChI=1S/C14H15N3S2/c1-2-11-7-12-13(16-9-17-14(12)19-11)15-5-3-10-4-6-18-8-10/h4,6-9H,2-3,5H2,1H3,(H,15,16,17). The second-order valence-electron chi connectivity index (χ2n) is 4.32. The number of aryl methyl sites for hydroxylation is 1. The van der Waals surface area contributed by atoms with Gasteiger partial charge < -0.3 is 5.32 Å². The molecule has 0 spiro atoms. The van der Waals surface area contributed by atoms with E-state index in [1.54, 1.807) is 29.0 Å². The predicted octanol–water partition coefficient (Wildman–Crippen LogP) is 3.97. The molecule has 0 radical (unpaired) electrons. The lowest BCUT2D eigenvalue weighted by molar-refractivity contribution is 1.01. The Kier molecular flexibility index (Phi) is 3.75. The van der Waals surface area contributed by atoms with E-state index in [1.807, 2.05) is 0 Å². The van der Waals surface area contributed by atoms with Gasteiger partial charge in [-0.1, -0.05) is 6.92 Å². The molecule has 0 bridgehead atoms. The molecule has 0 amide bonds. The minimum Gasteiger partial charge on any atom is -0.369 e. The van der Waals surface area contributed by atoms with Gasteiger partial charge in [0.1, 0.15) is 17.0 Å². The molecule has 3 aromatic heterocycles. The van der Waals surface area contributed by atoms with Crippen molar-refractivity contribution in [2.75, 3.05) is 11.9 Å². The summed E-state index contributed by atoms with van der Waals surface area (Å²) in [5.41, 5.74) is 1.38. The van der Waals surface area contributed by atoms with E-state index in [0.717, 1.165) is 35.4 Å². The highest BCUT2D eigenvalue weighted by Gasteiger charge is 2.07. The Morgan fingerprint density at radius 3 is 3.05 bits per heavy atom. The lowest BCUT2D eigenvalue weighted by Gasteiger charge is -2.05. The molecule has 3 rings (SSSR count). The van der Waals surface area contributed by atoms with Crippen LogP contribution in [0, 0.1) is 0 Å². The summed E-state index contributed by atoms with van der Waals surface area (Å²) in [6.45, 7) is 3.07. The summed E-state index contributed by atoms with van der Waals surface area (Å²) < 4.78 is 0. The zero-order chi connectivity index (χ0) is 13.1. The van der Waals surface area contributed by atoms with Gasteiger partial charge in [0.05, 0.1) is 5.39 Å². The number of thiophene rings is 2. The van der Waals surface area contributed by atoms with Crippen LogP contribution in [0.3, 0.4) is 0 Å². The Labute approximate surface area is 120 Å². The molecule has 0 saturated carbocycles. The maximum absolute atomic E-state index is 4.36. The Bertz CT molecular complexity index is 658. The van der Waals surface area contributed by atoms with E-state index in [9.17, 15) is 0 Å². The van der Waals surface area contributed by atoms with Crippen LogP contribution >= 0.6 is 22.7 Å². The van der Waals surface area contributed by atoms with Crippen LogP contribution in [-0.2, 0) is 12.8 Å². The maximum Gasteiger partial charge on any atom is 0.138 e. The lowest BCUT2D eigenvalue weighted by atomic mass is 10.2. The number of anilines is 1. The van der Waals surface area contributed by atoms with Gasteiger partial charge in [-0.2, -0.15) is 11.3 Å². The summed E-state index contributed by atoms with van der Waals surface area (Å²) >= 11 is 3.50. The monoisotopic (exact) mass is 289 g/mol. The van der Waals surface area contributed by atoms with Crippen molar-refractivity contribution in [3.05, 3.63) is 39.7 Å². The maximum atomic E-state index is 4.36. The summed E-state index contributed by atoms with van der Waals surface area (Å²) in [5.74, 6) is 0.955. The molecule has 0 aliphatic rings.